The molecule has 33 heavy (non-hydrogen) atoms. The van der Waals surface area contributed by atoms with E-state index in [-0.39, 0.29) is 82.4 Å². The van der Waals surface area contributed by atoms with Crippen LogP contribution in [0.1, 0.15) is 52.9 Å². The number of rotatable bonds is 6. The van der Waals surface area contributed by atoms with Crippen molar-refractivity contribution in [3.8, 4) is 0 Å². The zero-order chi connectivity index (χ0) is 22.9. The van der Waals surface area contributed by atoms with Gasteiger partial charge in [0.2, 0.25) is 0 Å². The fourth-order valence-corrected chi connectivity index (χ4v) is 6.58. The van der Waals surface area contributed by atoms with Gasteiger partial charge in [-0.3, -0.25) is 0 Å². The van der Waals surface area contributed by atoms with Crippen LogP contribution in [0, 0.1) is 17.3 Å². The number of amides is 1. The molecule has 178 valence electrons. The summed E-state index contributed by atoms with van der Waals surface area (Å²) in [5, 5.41) is 11.0. The summed E-state index contributed by atoms with van der Waals surface area (Å²) in [6, 6.07) is 0. The molecule has 2 spiro atoms. The summed E-state index contributed by atoms with van der Waals surface area (Å²) in [4.78, 5) is 25.5. The van der Waals surface area contributed by atoms with Crippen LogP contribution in [0.3, 0.4) is 0 Å². The quantitative estimate of drug-likeness (QED) is 0.269. The smallest absolute Gasteiger partial charge is 0.550 e. The van der Waals surface area contributed by atoms with Crippen molar-refractivity contribution in [3.63, 3.8) is 0 Å². The van der Waals surface area contributed by atoms with E-state index in [2.05, 4.69) is 26.8 Å². The summed E-state index contributed by atoms with van der Waals surface area (Å²) in [7, 11) is 1.67. The number of carbonyl (C=O) groups is 2. The molecule has 3 saturated heterocycles. The van der Waals surface area contributed by atoms with Crippen LogP contribution in [0.4, 0.5) is 4.79 Å². The topological polar surface area (TPSA) is 104 Å². The molecule has 6 atom stereocenters. The first kappa shape index (κ1) is 25.5. The van der Waals surface area contributed by atoms with Crippen molar-refractivity contribution in [2.75, 3.05) is 26.8 Å². The third-order valence-electron chi connectivity index (χ3n) is 8.49. The van der Waals surface area contributed by atoms with E-state index in [1.54, 1.807) is 12.0 Å². The zero-order valence-electron chi connectivity index (χ0n) is 20.4. The summed E-state index contributed by atoms with van der Waals surface area (Å²) in [6.07, 6.45) is 4.88. The third-order valence-corrected chi connectivity index (χ3v) is 8.49. The monoisotopic (exact) mass is 471 g/mol. The maximum atomic E-state index is 12.8. The number of ether oxygens (including phenoxy) is 4. The minimum atomic E-state index is -0.984. The van der Waals surface area contributed by atoms with Crippen molar-refractivity contribution < 1.29 is 63.2 Å². The number of carbonyl (C=O) groups excluding carboxylic acids is 2. The minimum absolute atomic E-state index is 0. The minimum Gasteiger partial charge on any atom is -0.550 e. The van der Waals surface area contributed by atoms with Gasteiger partial charge in [0, 0.05) is 31.6 Å². The first-order chi connectivity index (χ1) is 15.1. The fraction of sp³-hybridized carbons (Fsp3) is 0.833. The van der Waals surface area contributed by atoms with E-state index in [0.717, 1.165) is 12.8 Å². The van der Waals surface area contributed by atoms with Crippen LogP contribution in [0.2, 0.25) is 0 Å². The Labute approximate surface area is 217 Å². The fourth-order valence-electron chi connectivity index (χ4n) is 6.58. The number of likely N-dealkylation sites (tertiary alicyclic amines) is 1. The van der Waals surface area contributed by atoms with E-state index in [1.165, 1.54) is 5.57 Å². The Bertz CT molecular complexity index is 825. The first-order valence-corrected chi connectivity index (χ1v) is 11.8. The van der Waals surface area contributed by atoms with Crippen molar-refractivity contribution in [3.05, 3.63) is 11.6 Å². The van der Waals surface area contributed by atoms with Gasteiger partial charge in [0.15, 0.2) is 0 Å². The summed E-state index contributed by atoms with van der Waals surface area (Å²) in [5.74, 6) is -1.36. The molecule has 0 unspecified atom stereocenters. The molecule has 0 N–H and O–H groups in total. The molecular weight excluding hydrogens is 437 g/mol. The maximum Gasteiger partial charge on any atom is 1.00 e. The van der Waals surface area contributed by atoms with Gasteiger partial charge in [0.1, 0.15) is 23.4 Å². The molecule has 3 heterocycles. The van der Waals surface area contributed by atoms with Crippen molar-refractivity contribution in [2.45, 2.75) is 82.4 Å². The van der Waals surface area contributed by atoms with Crippen molar-refractivity contribution in [1.82, 2.24) is 4.90 Å². The van der Waals surface area contributed by atoms with E-state index in [9.17, 15) is 14.7 Å². The Morgan fingerprint density at radius 2 is 1.91 bits per heavy atom. The Morgan fingerprint density at radius 1 is 1.24 bits per heavy atom. The van der Waals surface area contributed by atoms with Crippen molar-refractivity contribution in [2.24, 2.45) is 17.3 Å². The number of methoxy groups -OCH3 is 1. The van der Waals surface area contributed by atoms with Crippen LogP contribution >= 0.6 is 0 Å². The van der Waals surface area contributed by atoms with Crippen molar-refractivity contribution in [1.29, 1.82) is 0 Å². The zero-order valence-corrected chi connectivity index (χ0v) is 22.4. The number of carboxylic acids is 1. The van der Waals surface area contributed by atoms with E-state index in [0.29, 0.717) is 39.0 Å². The van der Waals surface area contributed by atoms with Gasteiger partial charge >= 0.3 is 35.7 Å². The summed E-state index contributed by atoms with van der Waals surface area (Å²) in [5.41, 5.74) is 0.605. The van der Waals surface area contributed by atoms with E-state index < -0.39 is 5.97 Å². The maximum absolute atomic E-state index is 12.8. The molecule has 2 aliphatic carbocycles. The molecule has 0 aromatic carbocycles. The second kappa shape index (κ2) is 8.79. The summed E-state index contributed by atoms with van der Waals surface area (Å²) < 4.78 is 24.0. The molecule has 1 amide bonds. The molecule has 8 nitrogen and oxygen atoms in total. The number of epoxide rings is 2. The molecule has 3 aliphatic heterocycles. The standard InChI is InChI=1S/C24H35NO7.Na/c1-14(2)5-6-17-22(3,32-17)19-18(29-4)16(7-8-24(19)13-30-24)31-21(28)25-11-23(12-25)9-15(10-23)20(26)27;/h5,15-19H,6-13H2,1-4H3,(H,26,27);/q;+1/p-1/t16-,17-,18-,19-,22+,24+;/m1./s1. The predicted octanol–water partition coefficient (Wildman–Crippen LogP) is -1.33. The summed E-state index contributed by atoms with van der Waals surface area (Å²) >= 11 is 0. The molecule has 5 aliphatic rings. The van der Waals surface area contributed by atoms with Gasteiger partial charge in [0.25, 0.3) is 0 Å². The SMILES string of the molecule is CO[C@@H]1[C@H](OC(=O)N2CC3(CC(C(=O)[O-])C3)C2)CC[C@]2(CO2)[C@H]1[C@@]1(C)O[C@@H]1CC=C(C)C.[Na+]. The molecular formula is C24H34NNaO7. The molecule has 2 saturated carbocycles. The van der Waals surface area contributed by atoms with Crippen LogP contribution in [0.5, 0.6) is 0 Å². The Hall–Kier alpha value is -0.640. The van der Waals surface area contributed by atoms with E-state index in [4.69, 9.17) is 18.9 Å². The summed E-state index contributed by atoms with van der Waals surface area (Å²) in [6.45, 7) is 8.11. The van der Waals surface area contributed by atoms with E-state index >= 15 is 0 Å². The van der Waals surface area contributed by atoms with Gasteiger partial charge in [-0.05, 0) is 58.8 Å². The van der Waals surface area contributed by atoms with Gasteiger partial charge in [0.05, 0.1) is 18.6 Å². The van der Waals surface area contributed by atoms with Crippen LogP contribution < -0.4 is 34.7 Å². The van der Waals surface area contributed by atoms with Gasteiger partial charge in [-0.15, -0.1) is 0 Å². The number of allylic oxidation sites excluding steroid dienone is 1. The van der Waals surface area contributed by atoms with Gasteiger partial charge < -0.3 is 33.7 Å². The van der Waals surface area contributed by atoms with Gasteiger partial charge in [-0.1, -0.05) is 11.6 Å². The second-order valence-electron chi connectivity index (χ2n) is 11.1. The molecule has 0 radical (unpaired) electrons. The van der Waals surface area contributed by atoms with E-state index in [1.807, 2.05) is 0 Å². The Balaban J connectivity index is 0.00000259. The van der Waals surface area contributed by atoms with Crippen LogP contribution in [0.25, 0.3) is 0 Å². The molecule has 0 aromatic heterocycles. The average molecular weight is 472 g/mol. The Morgan fingerprint density at radius 3 is 2.45 bits per heavy atom. The normalized spacial score (nSPS) is 40.3. The van der Waals surface area contributed by atoms with Crippen molar-refractivity contribution >= 4 is 12.1 Å². The first-order valence-electron chi connectivity index (χ1n) is 11.8. The number of hydrogen-bond donors (Lipinski definition) is 0. The number of aliphatic carboxylic acids is 1. The number of nitrogens with zero attached hydrogens (tertiary/aromatic N) is 1. The van der Waals surface area contributed by atoms with Crippen LogP contribution in [-0.4, -0.2) is 73.3 Å². The molecule has 5 fully saturated rings. The second-order valence-corrected chi connectivity index (χ2v) is 11.1. The Kier molecular flexibility index (Phi) is 6.78. The molecule has 9 heteroatoms. The largest absolute Gasteiger partial charge is 1.00 e. The van der Waals surface area contributed by atoms with Crippen LogP contribution in [-0.2, 0) is 23.7 Å². The van der Waals surface area contributed by atoms with Gasteiger partial charge in [-0.25, -0.2) is 4.79 Å². The van der Waals surface area contributed by atoms with Crippen LogP contribution in [0.15, 0.2) is 11.6 Å². The third kappa shape index (κ3) is 4.40. The molecule has 0 bridgehead atoms. The van der Waals surface area contributed by atoms with Gasteiger partial charge in [-0.2, -0.15) is 0 Å². The molecule has 0 aromatic rings. The average Bonchev–Trinajstić information content (AvgIpc) is 3.56. The number of hydrogen-bond acceptors (Lipinski definition) is 7. The predicted molar refractivity (Wildman–Crippen MR) is 112 cm³/mol. The number of carboxylic acid groups (broad SMARTS) is 1. The molecule has 5 rings (SSSR count).